The Kier molecular flexibility index (Phi) is 5.56. The smallest absolute Gasteiger partial charge is 0.407 e. The van der Waals surface area contributed by atoms with Crippen molar-refractivity contribution in [1.29, 1.82) is 0 Å². The number of carbonyl (C=O) groups excluding carboxylic acids is 1. The van der Waals surface area contributed by atoms with Gasteiger partial charge in [-0.25, -0.2) is 9.18 Å². The lowest BCUT2D eigenvalue weighted by Crippen LogP contribution is -2.48. The van der Waals surface area contributed by atoms with E-state index in [1.807, 2.05) is 49.3 Å². The van der Waals surface area contributed by atoms with Crippen molar-refractivity contribution in [3.8, 4) is 0 Å². The topological polar surface area (TPSA) is 41.6 Å². The number of carbonyl (C=O) groups is 1. The molecule has 1 saturated carbocycles. The van der Waals surface area contributed by atoms with Crippen LogP contribution in [0.25, 0.3) is 0 Å². The van der Waals surface area contributed by atoms with E-state index >= 15 is 0 Å². The summed E-state index contributed by atoms with van der Waals surface area (Å²) in [7, 11) is 3.78. The van der Waals surface area contributed by atoms with E-state index < -0.39 is 12.3 Å². The van der Waals surface area contributed by atoms with Crippen LogP contribution in [0.4, 0.5) is 9.18 Å². The van der Waals surface area contributed by atoms with Crippen LogP contribution in [0.5, 0.6) is 0 Å². The number of hydrogen-bond donors (Lipinski definition) is 1. The highest BCUT2D eigenvalue weighted by molar-refractivity contribution is 5.67. The summed E-state index contributed by atoms with van der Waals surface area (Å²) in [6.45, 7) is 0.235. The van der Waals surface area contributed by atoms with Gasteiger partial charge in [-0.3, -0.25) is 0 Å². The molecule has 2 rings (SSSR count). The average molecular weight is 294 g/mol. The highest BCUT2D eigenvalue weighted by Gasteiger charge is 2.32. The van der Waals surface area contributed by atoms with Crippen LogP contribution in [-0.4, -0.2) is 43.3 Å². The first-order valence-corrected chi connectivity index (χ1v) is 7.34. The molecule has 0 radical (unpaired) electrons. The van der Waals surface area contributed by atoms with Gasteiger partial charge in [-0.2, -0.15) is 0 Å². The number of ether oxygens (including phenoxy) is 1. The minimum absolute atomic E-state index is 0.0524. The summed E-state index contributed by atoms with van der Waals surface area (Å²) < 4.78 is 19.2. The second kappa shape index (κ2) is 7.41. The van der Waals surface area contributed by atoms with Gasteiger partial charge in [0, 0.05) is 18.5 Å². The van der Waals surface area contributed by atoms with Crippen molar-refractivity contribution in [2.45, 2.75) is 44.1 Å². The van der Waals surface area contributed by atoms with E-state index in [1.54, 1.807) is 0 Å². The van der Waals surface area contributed by atoms with Crippen molar-refractivity contribution in [1.82, 2.24) is 10.2 Å². The van der Waals surface area contributed by atoms with E-state index in [9.17, 15) is 9.18 Å². The van der Waals surface area contributed by atoms with Crippen LogP contribution in [-0.2, 0) is 11.3 Å². The first kappa shape index (κ1) is 15.8. The highest BCUT2D eigenvalue weighted by atomic mass is 19.1. The number of alkyl carbamates (subject to hydrolysis) is 1. The van der Waals surface area contributed by atoms with Crippen LogP contribution in [0.2, 0.25) is 0 Å². The van der Waals surface area contributed by atoms with Crippen molar-refractivity contribution >= 4 is 6.09 Å². The third-order valence-electron chi connectivity index (χ3n) is 3.94. The summed E-state index contributed by atoms with van der Waals surface area (Å²) in [6, 6.07) is 9.30. The normalized spacial score (nSPS) is 25.6. The van der Waals surface area contributed by atoms with Gasteiger partial charge >= 0.3 is 6.09 Å². The summed E-state index contributed by atoms with van der Waals surface area (Å²) in [5, 5.41) is 2.76. The molecule has 3 atom stereocenters. The Balaban J connectivity index is 1.74. The fourth-order valence-corrected chi connectivity index (χ4v) is 2.74. The molecule has 0 aliphatic heterocycles. The summed E-state index contributed by atoms with van der Waals surface area (Å²) in [4.78, 5) is 13.7. The molecule has 1 N–H and O–H groups in total. The number of rotatable bonds is 4. The van der Waals surface area contributed by atoms with Crippen molar-refractivity contribution < 1.29 is 13.9 Å². The monoisotopic (exact) mass is 294 g/mol. The molecule has 116 valence electrons. The van der Waals surface area contributed by atoms with E-state index in [-0.39, 0.29) is 18.7 Å². The molecule has 21 heavy (non-hydrogen) atoms. The van der Waals surface area contributed by atoms with Crippen LogP contribution in [0, 0.1) is 0 Å². The first-order chi connectivity index (χ1) is 10.1. The van der Waals surface area contributed by atoms with E-state index in [0.717, 1.165) is 18.4 Å². The van der Waals surface area contributed by atoms with E-state index in [4.69, 9.17) is 4.74 Å². The van der Waals surface area contributed by atoms with Gasteiger partial charge in [0.1, 0.15) is 12.8 Å². The van der Waals surface area contributed by atoms with Gasteiger partial charge in [-0.15, -0.1) is 0 Å². The van der Waals surface area contributed by atoms with Crippen molar-refractivity contribution in [2.75, 3.05) is 14.1 Å². The molecule has 1 aliphatic rings. The second-order valence-corrected chi connectivity index (χ2v) is 5.76. The van der Waals surface area contributed by atoms with Gasteiger partial charge in [0.25, 0.3) is 0 Å². The van der Waals surface area contributed by atoms with Gasteiger partial charge in [0.05, 0.1) is 0 Å². The predicted octanol–water partition coefficient (Wildman–Crippen LogP) is 2.73. The third kappa shape index (κ3) is 4.70. The molecule has 1 fully saturated rings. The van der Waals surface area contributed by atoms with E-state index in [1.165, 1.54) is 0 Å². The van der Waals surface area contributed by atoms with Gasteiger partial charge in [-0.1, -0.05) is 30.3 Å². The molecule has 1 aliphatic carbocycles. The Hall–Kier alpha value is -1.62. The van der Waals surface area contributed by atoms with E-state index in [2.05, 4.69) is 5.32 Å². The Bertz CT molecular complexity index is 453. The zero-order chi connectivity index (χ0) is 15.2. The molecule has 4 nitrogen and oxygen atoms in total. The molecule has 0 spiro atoms. The Morgan fingerprint density at radius 3 is 2.67 bits per heavy atom. The molecule has 3 unspecified atom stereocenters. The second-order valence-electron chi connectivity index (χ2n) is 5.76. The van der Waals surface area contributed by atoms with Crippen molar-refractivity contribution in [3.63, 3.8) is 0 Å². The summed E-state index contributed by atoms with van der Waals surface area (Å²) in [5.41, 5.74) is 0.937. The number of amides is 1. The molecule has 1 aromatic rings. The summed E-state index contributed by atoms with van der Waals surface area (Å²) >= 11 is 0. The molecule has 1 aromatic carbocycles. The van der Waals surface area contributed by atoms with Crippen LogP contribution in [0.1, 0.15) is 24.8 Å². The highest BCUT2D eigenvalue weighted by Crippen LogP contribution is 2.24. The van der Waals surface area contributed by atoms with Gasteiger partial charge in [0.2, 0.25) is 0 Å². The maximum absolute atomic E-state index is 14.0. The average Bonchev–Trinajstić information content (AvgIpc) is 2.46. The van der Waals surface area contributed by atoms with E-state index in [0.29, 0.717) is 6.42 Å². The number of nitrogens with zero attached hydrogens (tertiary/aromatic N) is 1. The largest absolute Gasteiger partial charge is 0.445 e. The maximum Gasteiger partial charge on any atom is 0.407 e. The lowest BCUT2D eigenvalue weighted by Gasteiger charge is -2.35. The Labute approximate surface area is 125 Å². The van der Waals surface area contributed by atoms with Gasteiger partial charge in [0.15, 0.2) is 0 Å². The van der Waals surface area contributed by atoms with Crippen LogP contribution in [0.3, 0.4) is 0 Å². The number of nitrogens with one attached hydrogen (secondary N) is 1. The molecular weight excluding hydrogens is 271 g/mol. The Morgan fingerprint density at radius 1 is 1.33 bits per heavy atom. The Morgan fingerprint density at radius 2 is 2.05 bits per heavy atom. The third-order valence-corrected chi connectivity index (χ3v) is 3.94. The standard InChI is InChI=1S/C16H23FN2O2/c1-19(2)15-9-8-13(10-14(15)17)18-16(20)21-11-12-6-4-3-5-7-12/h3-7,13-15H,8-11H2,1-2H3,(H,18,20). The first-order valence-electron chi connectivity index (χ1n) is 7.34. The molecule has 0 heterocycles. The van der Waals surface area contributed by atoms with Crippen molar-refractivity contribution in [3.05, 3.63) is 35.9 Å². The molecular formula is C16H23FN2O2. The lowest BCUT2D eigenvalue weighted by molar-refractivity contribution is 0.0889. The fourth-order valence-electron chi connectivity index (χ4n) is 2.74. The number of hydrogen-bond acceptors (Lipinski definition) is 3. The molecule has 0 bridgehead atoms. The minimum atomic E-state index is -0.909. The van der Waals surface area contributed by atoms with Gasteiger partial charge < -0.3 is 15.0 Å². The molecule has 5 heteroatoms. The summed E-state index contributed by atoms with van der Waals surface area (Å²) in [5.74, 6) is 0. The maximum atomic E-state index is 14.0. The van der Waals surface area contributed by atoms with Crippen LogP contribution < -0.4 is 5.32 Å². The lowest BCUT2D eigenvalue weighted by atomic mass is 9.89. The van der Waals surface area contributed by atoms with Crippen LogP contribution >= 0.6 is 0 Å². The zero-order valence-corrected chi connectivity index (χ0v) is 12.6. The predicted molar refractivity (Wildman–Crippen MR) is 79.8 cm³/mol. The quantitative estimate of drug-likeness (QED) is 0.928. The number of benzene rings is 1. The fraction of sp³-hybridized carbons (Fsp3) is 0.562. The van der Waals surface area contributed by atoms with Crippen molar-refractivity contribution in [2.24, 2.45) is 0 Å². The molecule has 0 saturated heterocycles. The molecule has 1 amide bonds. The number of halogens is 1. The van der Waals surface area contributed by atoms with Gasteiger partial charge in [-0.05, 0) is 32.5 Å². The van der Waals surface area contributed by atoms with Crippen LogP contribution in [0.15, 0.2) is 30.3 Å². The SMILES string of the molecule is CN(C)C1CCC(NC(=O)OCc2ccccc2)CC1F. The minimum Gasteiger partial charge on any atom is -0.445 e. The number of alkyl halides is 1. The summed E-state index contributed by atoms with van der Waals surface area (Å²) in [6.07, 6.45) is 0.498. The zero-order valence-electron chi connectivity index (χ0n) is 12.6. The molecule has 0 aromatic heterocycles.